The predicted octanol–water partition coefficient (Wildman–Crippen LogP) is 3.61. The van der Waals surface area contributed by atoms with Crippen molar-refractivity contribution in [1.29, 1.82) is 0 Å². The first-order chi connectivity index (χ1) is 9.92. The molecule has 0 amide bonds. The molecule has 1 aliphatic carbocycles. The quantitative estimate of drug-likeness (QED) is 0.873. The molecule has 0 saturated heterocycles. The number of benzene rings is 1. The van der Waals surface area contributed by atoms with Gasteiger partial charge in [0.1, 0.15) is 0 Å². The third-order valence-corrected chi connectivity index (χ3v) is 3.87. The lowest BCUT2D eigenvalue weighted by atomic mass is 10.1. The highest BCUT2D eigenvalue weighted by molar-refractivity contribution is 8.00. The number of thioether (sulfide) groups is 1. The molecule has 2 N–H and O–H groups in total. The summed E-state index contributed by atoms with van der Waals surface area (Å²) in [6, 6.07) is 5.26. The van der Waals surface area contributed by atoms with Crippen LogP contribution in [0.4, 0.5) is 13.2 Å². The van der Waals surface area contributed by atoms with Gasteiger partial charge in [0, 0.05) is 10.8 Å². The maximum Gasteiger partial charge on any atom is 0.446 e. The van der Waals surface area contributed by atoms with Crippen LogP contribution < -0.4 is 5.73 Å². The lowest BCUT2D eigenvalue weighted by Crippen LogP contribution is -2.13. The maximum absolute atomic E-state index is 12.3. The predicted molar refractivity (Wildman–Crippen MR) is 70.7 cm³/mol. The standard InChI is InChI=1S/C13H12F3N3OS/c14-13(15,16)21-9-5-3-7(4-6-9)10(17)11-18-12(20-19-11)8-1-2-8/h3-6,8,10H,1-2,17H2. The van der Waals surface area contributed by atoms with Crippen molar-refractivity contribution in [2.75, 3.05) is 0 Å². The summed E-state index contributed by atoms with van der Waals surface area (Å²) in [5, 5.41) is 3.84. The van der Waals surface area contributed by atoms with E-state index in [2.05, 4.69) is 10.1 Å². The second-order valence-electron chi connectivity index (χ2n) is 4.86. The topological polar surface area (TPSA) is 64.9 Å². The Morgan fingerprint density at radius 3 is 2.48 bits per heavy atom. The van der Waals surface area contributed by atoms with Crippen LogP contribution in [0.5, 0.6) is 0 Å². The molecule has 1 heterocycles. The van der Waals surface area contributed by atoms with Crippen LogP contribution in [0.2, 0.25) is 0 Å². The number of halogens is 3. The molecule has 0 spiro atoms. The Balaban J connectivity index is 1.72. The van der Waals surface area contributed by atoms with Gasteiger partial charge >= 0.3 is 5.51 Å². The van der Waals surface area contributed by atoms with E-state index in [0.29, 0.717) is 23.2 Å². The number of hydrogen-bond donors (Lipinski definition) is 1. The first-order valence-electron chi connectivity index (χ1n) is 6.37. The molecule has 2 aromatic rings. The van der Waals surface area contributed by atoms with Crippen molar-refractivity contribution >= 4 is 11.8 Å². The van der Waals surface area contributed by atoms with Gasteiger partial charge in [0.2, 0.25) is 5.89 Å². The van der Waals surface area contributed by atoms with Gasteiger partial charge in [-0.25, -0.2) is 0 Å². The Labute approximate surface area is 122 Å². The van der Waals surface area contributed by atoms with E-state index in [1.165, 1.54) is 12.1 Å². The number of hydrogen-bond acceptors (Lipinski definition) is 5. The molecule has 1 aromatic heterocycles. The van der Waals surface area contributed by atoms with Crippen molar-refractivity contribution < 1.29 is 17.7 Å². The number of rotatable bonds is 4. The number of aromatic nitrogens is 2. The monoisotopic (exact) mass is 315 g/mol. The molecular formula is C13H12F3N3OS. The van der Waals surface area contributed by atoms with Gasteiger partial charge in [-0.1, -0.05) is 17.3 Å². The molecule has 0 radical (unpaired) electrons. The number of alkyl halides is 3. The van der Waals surface area contributed by atoms with E-state index in [-0.39, 0.29) is 16.7 Å². The average molecular weight is 315 g/mol. The fraction of sp³-hybridized carbons (Fsp3) is 0.385. The van der Waals surface area contributed by atoms with Gasteiger partial charge in [0.25, 0.3) is 0 Å². The Kier molecular flexibility index (Phi) is 3.66. The summed E-state index contributed by atoms with van der Waals surface area (Å²) in [6.45, 7) is 0. The second kappa shape index (κ2) is 5.34. The zero-order valence-electron chi connectivity index (χ0n) is 10.8. The Morgan fingerprint density at radius 1 is 1.24 bits per heavy atom. The molecule has 1 aliphatic rings. The molecule has 1 unspecified atom stereocenters. The van der Waals surface area contributed by atoms with Crippen LogP contribution in [0.3, 0.4) is 0 Å². The Bertz CT molecular complexity index is 622. The second-order valence-corrected chi connectivity index (χ2v) is 6.00. The lowest BCUT2D eigenvalue weighted by Gasteiger charge is -2.09. The van der Waals surface area contributed by atoms with E-state index in [1.54, 1.807) is 12.1 Å². The minimum Gasteiger partial charge on any atom is -0.339 e. The maximum atomic E-state index is 12.3. The average Bonchev–Trinajstić information content (AvgIpc) is 3.15. The molecule has 8 heteroatoms. The molecule has 0 aliphatic heterocycles. The van der Waals surface area contributed by atoms with Crippen LogP contribution in [0, 0.1) is 0 Å². The van der Waals surface area contributed by atoms with Crippen LogP contribution in [0.15, 0.2) is 33.7 Å². The van der Waals surface area contributed by atoms with Crippen molar-refractivity contribution in [3.63, 3.8) is 0 Å². The Hall–Kier alpha value is -1.54. The van der Waals surface area contributed by atoms with Gasteiger partial charge in [0.05, 0.1) is 6.04 Å². The Morgan fingerprint density at radius 2 is 1.90 bits per heavy atom. The van der Waals surface area contributed by atoms with E-state index in [4.69, 9.17) is 10.3 Å². The molecule has 1 saturated carbocycles. The third kappa shape index (κ3) is 3.56. The molecule has 112 valence electrons. The van der Waals surface area contributed by atoms with Crippen molar-refractivity contribution in [2.24, 2.45) is 5.73 Å². The largest absolute Gasteiger partial charge is 0.446 e. The number of nitrogens with zero attached hydrogens (tertiary/aromatic N) is 2. The summed E-state index contributed by atoms with van der Waals surface area (Å²) in [5.74, 6) is 1.28. The van der Waals surface area contributed by atoms with Crippen LogP contribution in [-0.4, -0.2) is 15.6 Å². The first-order valence-corrected chi connectivity index (χ1v) is 7.19. The van der Waals surface area contributed by atoms with Crippen LogP contribution in [-0.2, 0) is 0 Å². The van der Waals surface area contributed by atoms with Gasteiger partial charge in [-0.2, -0.15) is 18.2 Å². The summed E-state index contributed by atoms with van der Waals surface area (Å²) < 4.78 is 41.9. The summed E-state index contributed by atoms with van der Waals surface area (Å²) >= 11 is -0.157. The fourth-order valence-corrected chi connectivity index (χ4v) is 2.44. The fourth-order valence-electron chi connectivity index (χ4n) is 1.90. The van der Waals surface area contributed by atoms with Gasteiger partial charge < -0.3 is 10.3 Å². The summed E-state index contributed by atoms with van der Waals surface area (Å²) in [4.78, 5) is 4.36. The molecule has 1 fully saturated rings. The highest BCUT2D eigenvalue weighted by atomic mass is 32.2. The first kappa shape index (κ1) is 14.4. The van der Waals surface area contributed by atoms with Crippen molar-refractivity contribution in [3.8, 4) is 0 Å². The van der Waals surface area contributed by atoms with E-state index in [1.807, 2.05) is 0 Å². The number of nitrogens with two attached hydrogens (primary N) is 1. The molecule has 0 bridgehead atoms. The highest BCUT2D eigenvalue weighted by Crippen LogP contribution is 2.39. The normalized spacial score (nSPS) is 17.0. The molecule has 4 nitrogen and oxygen atoms in total. The SMILES string of the molecule is NC(c1ccc(SC(F)(F)F)cc1)c1noc(C2CC2)n1. The minimum atomic E-state index is -4.30. The molecule has 1 aromatic carbocycles. The van der Waals surface area contributed by atoms with Gasteiger partial charge in [-0.15, -0.1) is 0 Å². The zero-order chi connectivity index (χ0) is 15.0. The van der Waals surface area contributed by atoms with Crippen molar-refractivity contribution in [2.45, 2.75) is 35.2 Å². The van der Waals surface area contributed by atoms with E-state index < -0.39 is 11.6 Å². The summed E-state index contributed by atoms with van der Waals surface area (Å²) in [5.41, 5.74) is 2.36. The van der Waals surface area contributed by atoms with Gasteiger partial charge in [0.15, 0.2) is 5.82 Å². The third-order valence-electron chi connectivity index (χ3n) is 3.14. The van der Waals surface area contributed by atoms with Crippen molar-refractivity contribution in [3.05, 3.63) is 41.5 Å². The van der Waals surface area contributed by atoms with E-state index in [9.17, 15) is 13.2 Å². The van der Waals surface area contributed by atoms with E-state index in [0.717, 1.165) is 12.8 Å². The molecule has 3 rings (SSSR count). The smallest absolute Gasteiger partial charge is 0.339 e. The van der Waals surface area contributed by atoms with E-state index >= 15 is 0 Å². The lowest BCUT2D eigenvalue weighted by molar-refractivity contribution is -0.0328. The van der Waals surface area contributed by atoms with Crippen molar-refractivity contribution in [1.82, 2.24) is 10.1 Å². The summed E-state index contributed by atoms with van der Waals surface area (Å²) in [7, 11) is 0. The van der Waals surface area contributed by atoms with Crippen LogP contribution in [0.25, 0.3) is 0 Å². The van der Waals surface area contributed by atoms with Crippen LogP contribution in [0.1, 0.15) is 42.1 Å². The van der Waals surface area contributed by atoms with Gasteiger partial charge in [-0.3, -0.25) is 0 Å². The van der Waals surface area contributed by atoms with Gasteiger partial charge in [-0.05, 0) is 42.3 Å². The highest BCUT2D eigenvalue weighted by Gasteiger charge is 2.31. The minimum absolute atomic E-state index is 0.116. The molecular weight excluding hydrogens is 303 g/mol. The molecule has 21 heavy (non-hydrogen) atoms. The van der Waals surface area contributed by atoms with Crippen LogP contribution >= 0.6 is 11.8 Å². The molecule has 1 atom stereocenters. The summed E-state index contributed by atoms with van der Waals surface area (Å²) in [6.07, 6.45) is 2.08. The zero-order valence-corrected chi connectivity index (χ0v) is 11.6.